The van der Waals surface area contributed by atoms with Crippen LogP contribution in [0, 0.1) is 12.7 Å². The summed E-state index contributed by atoms with van der Waals surface area (Å²) in [6.07, 6.45) is 2.46. The van der Waals surface area contributed by atoms with Crippen LogP contribution >= 0.6 is 0 Å². The van der Waals surface area contributed by atoms with Crippen molar-refractivity contribution in [3.8, 4) is 22.6 Å². The van der Waals surface area contributed by atoms with Gasteiger partial charge >= 0.3 is 0 Å². The molecule has 3 aromatic heterocycles. The van der Waals surface area contributed by atoms with Crippen LogP contribution in [0.4, 0.5) is 10.2 Å². The molecule has 1 amide bonds. The molecule has 1 aromatic carbocycles. The summed E-state index contributed by atoms with van der Waals surface area (Å²) in [6, 6.07) is 16.7. The summed E-state index contributed by atoms with van der Waals surface area (Å²) in [7, 11) is 0. The number of anilines is 1. The molecule has 0 saturated carbocycles. The Balaban J connectivity index is 1.34. The van der Waals surface area contributed by atoms with Crippen molar-refractivity contribution in [3.05, 3.63) is 78.1 Å². The predicted molar refractivity (Wildman–Crippen MR) is 136 cm³/mol. The van der Waals surface area contributed by atoms with Gasteiger partial charge in [-0.2, -0.15) is 5.10 Å². The summed E-state index contributed by atoms with van der Waals surface area (Å²) in [4.78, 5) is 30.4. The van der Waals surface area contributed by atoms with E-state index in [4.69, 9.17) is 5.10 Å². The van der Waals surface area contributed by atoms with Gasteiger partial charge in [-0.15, -0.1) is 0 Å². The molecule has 0 atom stereocenters. The molecule has 8 nitrogen and oxygen atoms in total. The monoisotopic (exact) mass is 485 g/mol. The maximum Gasteiger partial charge on any atom is 0.244 e. The number of benzene rings is 1. The van der Waals surface area contributed by atoms with Crippen molar-refractivity contribution in [2.75, 3.05) is 31.1 Å². The zero-order valence-corrected chi connectivity index (χ0v) is 20.4. The molecule has 1 saturated heterocycles. The van der Waals surface area contributed by atoms with Crippen molar-refractivity contribution in [1.29, 1.82) is 0 Å². The van der Waals surface area contributed by atoms with Crippen molar-refractivity contribution >= 4 is 11.7 Å². The molecule has 1 fully saturated rings. The molecule has 4 aromatic rings. The molecule has 0 bridgehead atoms. The van der Waals surface area contributed by atoms with E-state index in [2.05, 4.69) is 26.8 Å². The van der Waals surface area contributed by atoms with Gasteiger partial charge in [0, 0.05) is 37.9 Å². The molecule has 4 heterocycles. The zero-order valence-electron chi connectivity index (χ0n) is 20.4. The van der Waals surface area contributed by atoms with E-state index in [0.29, 0.717) is 43.3 Å². The number of rotatable bonds is 6. The first-order valence-corrected chi connectivity index (χ1v) is 12.1. The highest BCUT2D eigenvalue weighted by Crippen LogP contribution is 2.26. The maximum absolute atomic E-state index is 13.8. The molecule has 5 rings (SSSR count). The van der Waals surface area contributed by atoms with Crippen LogP contribution < -0.4 is 4.90 Å². The standard InChI is InChI=1S/C27H28FN7O/c1-3-21-15-26(30-18-29-21)33-11-13-34(14-12-33)27(36)17-35-25(20-7-5-4-6-8-20)16-24(32-35)23-10-9-22(28)19(2)31-23/h4-10,15-16,18H,3,11-14,17H2,1-2H3. The molecular formula is C27H28FN7O. The lowest BCUT2D eigenvalue weighted by Gasteiger charge is -2.35. The van der Waals surface area contributed by atoms with Crippen LogP contribution in [0.25, 0.3) is 22.6 Å². The van der Waals surface area contributed by atoms with Crippen LogP contribution in [-0.4, -0.2) is 61.7 Å². The fourth-order valence-electron chi connectivity index (χ4n) is 4.36. The molecule has 0 N–H and O–H groups in total. The number of pyridine rings is 1. The second-order valence-electron chi connectivity index (χ2n) is 8.79. The number of nitrogens with zero attached hydrogens (tertiary/aromatic N) is 7. The molecule has 0 unspecified atom stereocenters. The Morgan fingerprint density at radius 1 is 0.972 bits per heavy atom. The third-order valence-electron chi connectivity index (χ3n) is 6.45. The van der Waals surface area contributed by atoms with E-state index in [9.17, 15) is 9.18 Å². The van der Waals surface area contributed by atoms with Crippen LogP contribution in [0.1, 0.15) is 18.3 Å². The fraction of sp³-hybridized carbons (Fsp3) is 0.296. The highest BCUT2D eigenvalue weighted by atomic mass is 19.1. The molecule has 36 heavy (non-hydrogen) atoms. The first-order chi connectivity index (χ1) is 17.5. The topological polar surface area (TPSA) is 80.0 Å². The number of hydrogen-bond donors (Lipinski definition) is 0. The molecule has 9 heteroatoms. The van der Waals surface area contributed by atoms with Gasteiger partial charge in [-0.25, -0.2) is 19.3 Å². The number of piperazine rings is 1. The van der Waals surface area contributed by atoms with E-state index in [1.807, 2.05) is 47.4 Å². The van der Waals surface area contributed by atoms with E-state index in [-0.39, 0.29) is 18.3 Å². The number of carbonyl (C=O) groups is 1. The smallest absolute Gasteiger partial charge is 0.244 e. The number of amides is 1. The summed E-state index contributed by atoms with van der Waals surface area (Å²) >= 11 is 0. The summed E-state index contributed by atoms with van der Waals surface area (Å²) in [5.41, 5.74) is 4.25. The molecule has 1 aliphatic heterocycles. The minimum atomic E-state index is -0.358. The number of hydrogen-bond acceptors (Lipinski definition) is 6. The van der Waals surface area contributed by atoms with Crippen molar-refractivity contribution in [1.82, 2.24) is 29.6 Å². The third kappa shape index (κ3) is 4.95. The van der Waals surface area contributed by atoms with Gasteiger partial charge in [0.25, 0.3) is 0 Å². The van der Waals surface area contributed by atoms with Gasteiger partial charge in [0.15, 0.2) is 0 Å². The number of carbonyl (C=O) groups excluding carboxylic acids is 1. The summed E-state index contributed by atoms with van der Waals surface area (Å²) < 4.78 is 15.5. The van der Waals surface area contributed by atoms with Crippen LogP contribution in [0.5, 0.6) is 0 Å². The average Bonchev–Trinajstić information content (AvgIpc) is 3.34. The Bertz CT molecular complexity index is 1360. The highest BCUT2D eigenvalue weighted by Gasteiger charge is 2.24. The first kappa shape index (κ1) is 23.6. The fourth-order valence-corrected chi connectivity index (χ4v) is 4.36. The second kappa shape index (κ2) is 10.2. The van der Waals surface area contributed by atoms with Gasteiger partial charge in [0.05, 0.1) is 17.1 Å². The Morgan fingerprint density at radius 2 is 1.75 bits per heavy atom. The van der Waals surface area contributed by atoms with E-state index in [1.54, 1.807) is 24.0 Å². The van der Waals surface area contributed by atoms with Crippen molar-refractivity contribution in [2.45, 2.75) is 26.8 Å². The zero-order chi connectivity index (χ0) is 25.1. The quantitative estimate of drug-likeness (QED) is 0.414. The molecule has 184 valence electrons. The van der Waals surface area contributed by atoms with Crippen molar-refractivity contribution in [3.63, 3.8) is 0 Å². The predicted octanol–water partition coefficient (Wildman–Crippen LogP) is 3.76. The van der Waals surface area contributed by atoms with E-state index in [1.165, 1.54) is 6.07 Å². The lowest BCUT2D eigenvalue weighted by Crippen LogP contribution is -2.50. The third-order valence-corrected chi connectivity index (χ3v) is 6.45. The van der Waals surface area contributed by atoms with E-state index in [0.717, 1.165) is 29.2 Å². The minimum Gasteiger partial charge on any atom is -0.353 e. The van der Waals surface area contributed by atoms with Crippen LogP contribution in [0.3, 0.4) is 0 Å². The Labute approximate surface area is 209 Å². The first-order valence-electron chi connectivity index (χ1n) is 12.1. The van der Waals surface area contributed by atoms with Gasteiger partial charge in [0.2, 0.25) is 5.91 Å². The number of aryl methyl sites for hydroxylation is 2. The minimum absolute atomic E-state index is 0.00154. The largest absolute Gasteiger partial charge is 0.353 e. The Hall–Kier alpha value is -4.14. The molecule has 0 radical (unpaired) electrons. The number of aromatic nitrogens is 5. The average molecular weight is 486 g/mol. The maximum atomic E-state index is 13.8. The van der Waals surface area contributed by atoms with Crippen molar-refractivity contribution in [2.24, 2.45) is 0 Å². The second-order valence-corrected chi connectivity index (χ2v) is 8.79. The molecule has 0 spiro atoms. The van der Waals surface area contributed by atoms with Gasteiger partial charge in [0.1, 0.15) is 30.2 Å². The molecule has 0 aliphatic carbocycles. The highest BCUT2D eigenvalue weighted by molar-refractivity contribution is 5.78. The van der Waals surface area contributed by atoms with Gasteiger partial charge < -0.3 is 9.80 Å². The summed E-state index contributed by atoms with van der Waals surface area (Å²) in [6.45, 7) is 6.44. The summed E-state index contributed by atoms with van der Waals surface area (Å²) in [5.74, 6) is 0.546. The van der Waals surface area contributed by atoms with Crippen LogP contribution in [0.15, 0.2) is 60.9 Å². The summed E-state index contributed by atoms with van der Waals surface area (Å²) in [5, 5.41) is 4.70. The van der Waals surface area contributed by atoms with E-state index < -0.39 is 0 Å². The normalized spacial score (nSPS) is 13.8. The molecule has 1 aliphatic rings. The SMILES string of the molecule is CCc1cc(N2CCN(C(=O)Cn3nc(-c4ccc(F)c(C)n4)cc3-c3ccccc3)CC2)ncn1. The number of halogens is 1. The molecular weight excluding hydrogens is 457 g/mol. The van der Waals surface area contributed by atoms with Crippen LogP contribution in [0.2, 0.25) is 0 Å². The lowest BCUT2D eigenvalue weighted by molar-refractivity contribution is -0.132. The Morgan fingerprint density at radius 3 is 2.47 bits per heavy atom. The van der Waals surface area contributed by atoms with Gasteiger partial charge in [-0.3, -0.25) is 9.48 Å². The van der Waals surface area contributed by atoms with E-state index >= 15 is 0 Å². The lowest BCUT2D eigenvalue weighted by atomic mass is 10.1. The van der Waals surface area contributed by atoms with Gasteiger partial charge in [-0.1, -0.05) is 37.3 Å². The van der Waals surface area contributed by atoms with Crippen molar-refractivity contribution < 1.29 is 9.18 Å². The van der Waals surface area contributed by atoms with Crippen LogP contribution in [-0.2, 0) is 17.8 Å². The van der Waals surface area contributed by atoms with Gasteiger partial charge in [-0.05, 0) is 37.1 Å². The Kier molecular flexibility index (Phi) is 6.71.